The minimum atomic E-state index is -0.151. The molecule has 0 radical (unpaired) electrons. The van der Waals surface area contributed by atoms with Crippen LogP contribution >= 0.6 is 11.8 Å². The first-order valence-electron chi connectivity index (χ1n) is 10.5. The fraction of sp³-hybridized carbons (Fsp3) is 0.455. The molecule has 0 N–H and O–H groups in total. The molecule has 2 aliphatic rings. The maximum Gasteiger partial charge on any atom is 0.265 e. The molecule has 1 saturated heterocycles. The molecule has 0 spiro atoms. The maximum absolute atomic E-state index is 13.3. The predicted molar refractivity (Wildman–Crippen MR) is 117 cm³/mol. The van der Waals surface area contributed by atoms with Crippen LogP contribution in [-0.2, 0) is 4.79 Å². The van der Waals surface area contributed by atoms with Gasteiger partial charge in [0.1, 0.15) is 5.39 Å². The Morgan fingerprint density at radius 1 is 1.27 bits per heavy atom. The van der Waals surface area contributed by atoms with Crippen molar-refractivity contribution in [1.29, 1.82) is 0 Å². The number of nitrogens with zero attached hydrogens (tertiary/aromatic N) is 5. The number of rotatable bonds is 3. The lowest BCUT2D eigenvalue weighted by Crippen LogP contribution is -2.40. The van der Waals surface area contributed by atoms with Crippen LogP contribution in [0.25, 0.3) is 16.7 Å². The molecule has 0 aliphatic carbocycles. The Bertz CT molecular complexity index is 1170. The van der Waals surface area contributed by atoms with Crippen LogP contribution in [0, 0.1) is 12.8 Å². The van der Waals surface area contributed by atoms with Crippen LogP contribution < -0.4 is 5.56 Å². The second kappa shape index (κ2) is 7.58. The molecule has 30 heavy (non-hydrogen) atoms. The smallest absolute Gasteiger partial charge is 0.265 e. The van der Waals surface area contributed by atoms with Crippen molar-refractivity contribution in [3.63, 3.8) is 0 Å². The van der Waals surface area contributed by atoms with Gasteiger partial charge in [0.25, 0.3) is 5.56 Å². The van der Waals surface area contributed by atoms with Crippen LogP contribution in [0.5, 0.6) is 0 Å². The second-order valence-electron chi connectivity index (χ2n) is 8.45. The SMILES string of the molecule is Cc1ccc(-n2ncc3c(=O)n4c(nc32)SCC4CC(=O)N2CCCC(C)C2)cc1. The lowest BCUT2D eigenvalue weighted by Gasteiger charge is -2.31. The summed E-state index contributed by atoms with van der Waals surface area (Å²) in [5.74, 6) is 1.38. The molecule has 156 valence electrons. The fourth-order valence-corrected chi connectivity index (χ4v) is 5.53. The molecule has 1 aromatic carbocycles. The normalized spacial score (nSPS) is 21.2. The molecule has 8 heteroatoms. The summed E-state index contributed by atoms with van der Waals surface area (Å²) in [6, 6.07) is 7.83. The first-order valence-corrected chi connectivity index (χ1v) is 11.5. The van der Waals surface area contributed by atoms with E-state index in [1.165, 1.54) is 6.42 Å². The van der Waals surface area contributed by atoms with Gasteiger partial charge in [-0.3, -0.25) is 14.2 Å². The zero-order valence-electron chi connectivity index (χ0n) is 17.2. The van der Waals surface area contributed by atoms with Crippen LogP contribution in [0.4, 0.5) is 0 Å². The van der Waals surface area contributed by atoms with E-state index < -0.39 is 0 Å². The van der Waals surface area contributed by atoms with E-state index in [0.717, 1.165) is 30.8 Å². The van der Waals surface area contributed by atoms with Gasteiger partial charge in [0.2, 0.25) is 5.91 Å². The van der Waals surface area contributed by atoms with Gasteiger partial charge in [0, 0.05) is 25.3 Å². The molecule has 1 fully saturated rings. The third-order valence-electron chi connectivity index (χ3n) is 6.07. The Balaban J connectivity index is 1.46. The van der Waals surface area contributed by atoms with Gasteiger partial charge in [0.05, 0.1) is 17.9 Å². The minimum Gasteiger partial charge on any atom is -0.342 e. The number of aryl methyl sites for hydroxylation is 1. The Labute approximate surface area is 179 Å². The number of hydrogen-bond donors (Lipinski definition) is 0. The fourth-order valence-electron chi connectivity index (χ4n) is 4.40. The number of carbonyl (C=O) groups is 1. The van der Waals surface area contributed by atoms with E-state index in [-0.39, 0.29) is 17.5 Å². The number of benzene rings is 1. The zero-order valence-corrected chi connectivity index (χ0v) is 18.1. The van der Waals surface area contributed by atoms with E-state index in [4.69, 9.17) is 4.98 Å². The Morgan fingerprint density at radius 2 is 2.07 bits per heavy atom. The average molecular weight is 424 g/mol. The molecule has 2 aliphatic heterocycles. The van der Waals surface area contributed by atoms with Gasteiger partial charge >= 0.3 is 0 Å². The van der Waals surface area contributed by atoms with Crippen LogP contribution in [0.2, 0.25) is 0 Å². The van der Waals surface area contributed by atoms with Gasteiger partial charge in [-0.05, 0) is 37.8 Å². The number of fused-ring (bicyclic) bond motifs is 2. The molecular formula is C22H25N5O2S. The van der Waals surface area contributed by atoms with E-state index in [1.54, 1.807) is 27.2 Å². The van der Waals surface area contributed by atoms with Crippen molar-refractivity contribution < 1.29 is 4.79 Å². The molecule has 7 nitrogen and oxygen atoms in total. The van der Waals surface area contributed by atoms with E-state index in [9.17, 15) is 9.59 Å². The van der Waals surface area contributed by atoms with Crippen molar-refractivity contribution in [2.75, 3.05) is 18.8 Å². The molecule has 0 saturated carbocycles. The number of thioether (sulfide) groups is 1. The van der Waals surface area contributed by atoms with Gasteiger partial charge in [-0.1, -0.05) is 36.4 Å². The third-order valence-corrected chi connectivity index (χ3v) is 7.17. The van der Waals surface area contributed by atoms with Crippen LogP contribution in [0.15, 0.2) is 40.4 Å². The summed E-state index contributed by atoms with van der Waals surface area (Å²) in [4.78, 5) is 32.9. The van der Waals surface area contributed by atoms with Crippen molar-refractivity contribution in [3.05, 3.63) is 46.4 Å². The largest absolute Gasteiger partial charge is 0.342 e. The zero-order chi connectivity index (χ0) is 20.8. The first-order chi connectivity index (χ1) is 14.5. The number of hydrogen-bond acceptors (Lipinski definition) is 5. The van der Waals surface area contributed by atoms with Gasteiger partial charge in [-0.25, -0.2) is 9.67 Å². The van der Waals surface area contributed by atoms with Gasteiger partial charge < -0.3 is 4.90 Å². The van der Waals surface area contributed by atoms with E-state index in [0.29, 0.717) is 34.3 Å². The third kappa shape index (κ3) is 3.33. The molecule has 1 amide bonds. The van der Waals surface area contributed by atoms with E-state index in [2.05, 4.69) is 12.0 Å². The van der Waals surface area contributed by atoms with Gasteiger partial charge in [-0.2, -0.15) is 5.10 Å². The minimum absolute atomic E-state index is 0.108. The number of likely N-dealkylation sites (tertiary alicyclic amines) is 1. The van der Waals surface area contributed by atoms with E-state index >= 15 is 0 Å². The van der Waals surface area contributed by atoms with E-state index in [1.807, 2.05) is 36.1 Å². The monoisotopic (exact) mass is 423 g/mol. The molecular weight excluding hydrogens is 398 g/mol. The second-order valence-corrected chi connectivity index (χ2v) is 9.44. The summed E-state index contributed by atoms with van der Waals surface area (Å²) in [5.41, 5.74) is 2.50. The number of piperidine rings is 1. The number of amides is 1. The van der Waals surface area contributed by atoms with Crippen LogP contribution in [0.3, 0.4) is 0 Å². The summed E-state index contributed by atoms with van der Waals surface area (Å²) in [6.45, 7) is 5.87. The standard InChI is InChI=1S/C22H25N5O2S/c1-14-5-7-16(8-6-14)27-20-18(11-23-27)21(29)26-17(13-30-22(26)24-20)10-19(28)25-9-3-4-15(2)12-25/h5-8,11,15,17H,3-4,9-10,12-13H2,1-2H3. The molecule has 5 rings (SSSR count). The van der Waals surface area contributed by atoms with Crippen LogP contribution in [-0.4, -0.2) is 49.0 Å². The highest BCUT2D eigenvalue weighted by atomic mass is 32.2. The highest BCUT2D eigenvalue weighted by Gasteiger charge is 2.31. The first kappa shape index (κ1) is 19.4. The highest BCUT2D eigenvalue weighted by Crippen LogP contribution is 2.34. The topological polar surface area (TPSA) is 73.0 Å². The van der Waals surface area contributed by atoms with Crippen molar-refractivity contribution in [2.45, 2.75) is 44.3 Å². The van der Waals surface area contributed by atoms with Crippen molar-refractivity contribution >= 4 is 28.7 Å². The number of aromatic nitrogens is 4. The molecule has 2 aromatic heterocycles. The predicted octanol–water partition coefficient (Wildman–Crippen LogP) is 3.19. The Kier molecular flexibility index (Phi) is 4.89. The average Bonchev–Trinajstić information content (AvgIpc) is 3.34. The Hall–Kier alpha value is -2.61. The van der Waals surface area contributed by atoms with Gasteiger partial charge in [0.15, 0.2) is 10.8 Å². The summed E-state index contributed by atoms with van der Waals surface area (Å²) in [7, 11) is 0. The summed E-state index contributed by atoms with van der Waals surface area (Å²) in [5, 5.41) is 5.58. The highest BCUT2D eigenvalue weighted by molar-refractivity contribution is 7.99. The van der Waals surface area contributed by atoms with Crippen LogP contribution in [0.1, 0.15) is 37.8 Å². The summed E-state index contributed by atoms with van der Waals surface area (Å²) in [6.07, 6.45) is 4.18. The molecule has 4 heterocycles. The van der Waals surface area contributed by atoms with Crippen molar-refractivity contribution in [2.24, 2.45) is 5.92 Å². The number of carbonyl (C=O) groups excluding carboxylic acids is 1. The van der Waals surface area contributed by atoms with Gasteiger partial charge in [-0.15, -0.1) is 0 Å². The molecule has 0 bridgehead atoms. The molecule has 3 aromatic rings. The maximum atomic E-state index is 13.3. The Morgan fingerprint density at radius 3 is 2.83 bits per heavy atom. The summed E-state index contributed by atoms with van der Waals surface area (Å²) < 4.78 is 3.42. The molecule has 2 atom stereocenters. The lowest BCUT2D eigenvalue weighted by atomic mass is 10.00. The van der Waals surface area contributed by atoms with Crippen molar-refractivity contribution in [1.82, 2.24) is 24.2 Å². The summed E-state index contributed by atoms with van der Waals surface area (Å²) >= 11 is 1.54. The molecule has 2 unspecified atom stereocenters. The quantitative estimate of drug-likeness (QED) is 0.605. The van der Waals surface area contributed by atoms with Crippen molar-refractivity contribution in [3.8, 4) is 5.69 Å². The lowest BCUT2D eigenvalue weighted by molar-refractivity contribution is -0.133.